The Kier molecular flexibility index (Phi) is 7.64. The number of hydrogen-bond acceptors (Lipinski definition) is 6. The molecule has 5 rings (SSSR count). The first-order chi connectivity index (χ1) is 17.2. The Bertz CT molecular complexity index is 1430. The Morgan fingerprint density at radius 3 is 2.14 bits per heavy atom. The summed E-state index contributed by atoms with van der Waals surface area (Å²) in [5, 5.41) is 6.88. The van der Waals surface area contributed by atoms with Crippen LogP contribution in [0, 0.1) is 0 Å². The fraction of sp³-hybridized carbons (Fsp3) is 0.115. The standard InChI is InChI=1S/C16H16ClN3O3S.C10H8N2/c1-10-8-11-4-2-3-5-14(11)20(10)19-16(21)12-6-7-13(17)15(9-12)24(18,22)23;1-5-11-6-2-9(1)10-3-7-12-8-4-10/h2-7,9-10H,8H2,1H3,(H,19,21)(H2,18,22,23);1-8H/t10-;/m0./s1. The molecule has 8 nitrogen and oxygen atoms in total. The summed E-state index contributed by atoms with van der Waals surface area (Å²) in [6, 6.07) is 19.8. The number of nitrogens with zero attached hydrogens (tertiary/aromatic N) is 3. The maximum Gasteiger partial charge on any atom is 0.269 e. The maximum atomic E-state index is 12.5. The lowest BCUT2D eigenvalue weighted by molar-refractivity contribution is 0.0946. The van der Waals surface area contributed by atoms with Crippen molar-refractivity contribution in [1.82, 2.24) is 15.4 Å². The van der Waals surface area contributed by atoms with Crippen molar-refractivity contribution in [2.75, 3.05) is 5.01 Å². The normalized spacial score (nSPS) is 14.4. The van der Waals surface area contributed by atoms with Gasteiger partial charge in [-0.3, -0.25) is 25.2 Å². The Hall–Kier alpha value is -3.79. The lowest BCUT2D eigenvalue weighted by Gasteiger charge is -2.25. The van der Waals surface area contributed by atoms with Gasteiger partial charge in [0.1, 0.15) is 4.90 Å². The largest absolute Gasteiger partial charge is 0.282 e. The topological polar surface area (TPSA) is 118 Å². The maximum absolute atomic E-state index is 12.5. The lowest BCUT2D eigenvalue weighted by atomic mass is 10.1. The molecule has 3 N–H and O–H groups in total. The van der Waals surface area contributed by atoms with E-state index in [9.17, 15) is 13.2 Å². The predicted molar refractivity (Wildman–Crippen MR) is 140 cm³/mol. The van der Waals surface area contributed by atoms with E-state index in [1.54, 1.807) is 29.8 Å². The highest BCUT2D eigenvalue weighted by Crippen LogP contribution is 2.30. The van der Waals surface area contributed by atoms with E-state index in [4.69, 9.17) is 16.7 Å². The number of carbonyl (C=O) groups excluding carboxylic acids is 1. The zero-order valence-electron chi connectivity index (χ0n) is 19.4. The van der Waals surface area contributed by atoms with Gasteiger partial charge in [-0.2, -0.15) is 0 Å². The van der Waals surface area contributed by atoms with Gasteiger partial charge in [0.25, 0.3) is 5.91 Å². The van der Waals surface area contributed by atoms with Crippen LogP contribution in [0.1, 0.15) is 22.8 Å². The first-order valence-electron chi connectivity index (χ1n) is 11.0. The highest BCUT2D eigenvalue weighted by Gasteiger charge is 2.27. The van der Waals surface area contributed by atoms with Gasteiger partial charge < -0.3 is 0 Å². The number of carbonyl (C=O) groups is 1. The molecular weight excluding hydrogens is 498 g/mol. The van der Waals surface area contributed by atoms with Gasteiger partial charge in [0.2, 0.25) is 10.0 Å². The van der Waals surface area contributed by atoms with E-state index in [-0.39, 0.29) is 21.5 Å². The number of aromatic nitrogens is 2. The molecule has 2 aromatic heterocycles. The molecule has 0 saturated carbocycles. The van der Waals surface area contributed by atoms with Crippen molar-refractivity contribution in [3.8, 4) is 11.1 Å². The molecule has 0 saturated heterocycles. The molecule has 0 spiro atoms. The van der Waals surface area contributed by atoms with Crippen LogP contribution in [-0.4, -0.2) is 30.3 Å². The van der Waals surface area contributed by atoms with Crippen LogP contribution in [0.15, 0.2) is 96.4 Å². The number of halogens is 1. The molecule has 4 aromatic rings. The summed E-state index contributed by atoms with van der Waals surface area (Å²) in [6.07, 6.45) is 7.97. The van der Waals surface area contributed by atoms with Crippen LogP contribution in [0.3, 0.4) is 0 Å². The lowest BCUT2D eigenvalue weighted by Crippen LogP contribution is -2.45. The molecule has 1 atom stereocenters. The average molecular weight is 522 g/mol. The third-order valence-electron chi connectivity index (χ3n) is 5.62. The van der Waals surface area contributed by atoms with E-state index in [1.165, 1.54) is 29.3 Å². The molecular formula is C26H24ClN5O3S. The van der Waals surface area contributed by atoms with E-state index in [2.05, 4.69) is 15.4 Å². The number of nitrogens with two attached hydrogens (primary N) is 1. The molecule has 0 aliphatic carbocycles. The molecule has 10 heteroatoms. The van der Waals surface area contributed by atoms with E-state index in [0.717, 1.165) is 17.7 Å². The molecule has 0 bridgehead atoms. The quantitative estimate of drug-likeness (QED) is 0.415. The van der Waals surface area contributed by atoms with Gasteiger partial charge in [-0.05, 0) is 78.6 Å². The number of rotatable bonds is 4. The SMILES string of the molecule is C[C@H]1Cc2ccccc2N1NC(=O)c1ccc(Cl)c(S(N)(=O)=O)c1.c1cc(-c2ccncc2)ccn1. The summed E-state index contributed by atoms with van der Waals surface area (Å²) in [4.78, 5) is 20.2. The fourth-order valence-corrected chi connectivity index (χ4v) is 4.93. The summed E-state index contributed by atoms with van der Waals surface area (Å²) >= 11 is 5.84. The van der Waals surface area contributed by atoms with Gasteiger partial charge >= 0.3 is 0 Å². The predicted octanol–water partition coefficient (Wildman–Crippen LogP) is 4.23. The van der Waals surface area contributed by atoms with Crippen LogP contribution < -0.4 is 15.6 Å². The number of fused-ring (bicyclic) bond motifs is 1. The molecule has 0 unspecified atom stereocenters. The van der Waals surface area contributed by atoms with Crippen molar-refractivity contribution in [2.24, 2.45) is 5.14 Å². The highest BCUT2D eigenvalue weighted by atomic mass is 35.5. The number of nitrogens with one attached hydrogen (secondary N) is 1. The number of pyridine rings is 2. The van der Waals surface area contributed by atoms with Crippen molar-refractivity contribution in [3.05, 3.63) is 108 Å². The second kappa shape index (κ2) is 10.9. The number of sulfonamides is 1. The van der Waals surface area contributed by atoms with Crippen molar-refractivity contribution < 1.29 is 13.2 Å². The minimum absolute atomic E-state index is 0.0195. The van der Waals surface area contributed by atoms with Crippen molar-refractivity contribution in [1.29, 1.82) is 0 Å². The Labute approximate surface area is 214 Å². The van der Waals surface area contributed by atoms with Crippen LogP contribution in [0.25, 0.3) is 11.1 Å². The summed E-state index contributed by atoms with van der Waals surface area (Å²) in [5.41, 5.74) is 7.40. The first-order valence-corrected chi connectivity index (χ1v) is 13.0. The van der Waals surface area contributed by atoms with Gasteiger partial charge in [0.15, 0.2) is 0 Å². The molecule has 1 amide bonds. The van der Waals surface area contributed by atoms with Crippen LogP contribution in [0.2, 0.25) is 5.02 Å². The Balaban J connectivity index is 0.000000211. The molecule has 0 radical (unpaired) electrons. The van der Waals surface area contributed by atoms with E-state index in [0.29, 0.717) is 0 Å². The number of para-hydroxylation sites is 1. The van der Waals surface area contributed by atoms with E-state index in [1.807, 2.05) is 55.5 Å². The molecule has 1 aliphatic heterocycles. The molecule has 3 heterocycles. The van der Waals surface area contributed by atoms with Gasteiger partial charge in [0.05, 0.1) is 16.8 Å². The van der Waals surface area contributed by atoms with Gasteiger partial charge in [-0.15, -0.1) is 0 Å². The Morgan fingerprint density at radius 2 is 1.56 bits per heavy atom. The van der Waals surface area contributed by atoms with Crippen LogP contribution in [0.5, 0.6) is 0 Å². The zero-order chi connectivity index (χ0) is 25.7. The minimum Gasteiger partial charge on any atom is -0.282 e. The second-order valence-corrected chi connectivity index (χ2v) is 10.1. The van der Waals surface area contributed by atoms with Crippen molar-refractivity contribution >= 4 is 33.2 Å². The fourth-order valence-electron chi connectivity index (χ4n) is 3.86. The molecule has 1 aliphatic rings. The summed E-state index contributed by atoms with van der Waals surface area (Å²) < 4.78 is 23.1. The summed E-state index contributed by atoms with van der Waals surface area (Å²) in [6.45, 7) is 2.00. The summed E-state index contributed by atoms with van der Waals surface area (Å²) in [5.74, 6) is -0.430. The monoisotopic (exact) mass is 521 g/mol. The van der Waals surface area contributed by atoms with Gasteiger partial charge in [0, 0.05) is 30.4 Å². The van der Waals surface area contributed by atoms with Crippen LogP contribution in [0.4, 0.5) is 5.69 Å². The summed E-state index contributed by atoms with van der Waals surface area (Å²) in [7, 11) is -4.00. The van der Waals surface area contributed by atoms with Crippen LogP contribution in [-0.2, 0) is 16.4 Å². The molecule has 0 fully saturated rings. The molecule has 36 heavy (non-hydrogen) atoms. The van der Waals surface area contributed by atoms with E-state index >= 15 is 0 Å². The molecule has 184 valence electrons. The third kappa shape index (κ3) is 5.88. The van der Waals surface area contributed by atoms with Crippen LogP contribution >= 0.6 is 11.6 Å². The van der Waals surface area contributed by atoms with Gasteiger partial charge in [-0.25, -0.2) is 13.6 Å². The first kappa shape index (κ1) is 25.3. The number of anilines is 1. The van der Waals surface area contributed by atoms with Gasteiger partial charge in [-0.1, -0.05) is 29.8 Å². The zero-order valence-corrected chi connectivity index (χ0v) is 20.9. The highest BCUT2D eigenvalue weighted by molar-refractivity contribution is 7.89. The number of hydrogen-bond donors (Lipinski definition) is 2. The number of benzene rings is 2. The van der Waals surface area contributed by atoms with Crippen molar-refractivity contribution in [3.63, 3.8) is 0 Å². The van der Waals surface area contributed by atoms with Crippen molar-refractivity contribution in [2.45, 2.75) is 24.3 Å². The third-order valence-corrected chi connectivity index (χ3v) is 7.02. The smallest absolute Gasteiger partial charge is 0.269 e. The average Bonchev–Trinajstić information content (AvgIpc) is 3.20. The number of primary sulfonamides is 1. The number of amides is 1. The molecule has 2 aromatic carbocycles. The number of hydrazine groups is 1. The van der Waals surface area contributed by atoms with E-state index < -0.39 is 15.9 Å². The second-order valence-electron chi connectivity index (χ2n) is 8.15. The minimum atomic E-state index is -4.00. The Morgan fingerprint density at radius 1 is 0.972 bits per heavy atom.